The summed E-state index contributed by atoms with van der Waals surface area (Å²) in [5.74, 6) is 2.17. The molecule has 0 spiro atoms. The van der Waals surface area contributed by atoms with Crippen molar-refractivity contribution >= 4 is 13.9 Å². The molecule has 1 heterocycles. The van der Waals surface area contributed by atoms with Crippen molar-refractivity contribution < 1.29 is 14.0 Å². The van der Waals surface area contributed by atoms with E-state index in [0.717, 1.165) is 6.07 Å². The molecule has 1 rings (SSSR count). The van der Waals surface area contributed by atoms with Crippen molar-refractivity contribution in [2.24, 2.45) is 0 Å². The van der Waals surface area contributed by atoms with E-state index < -0.39 is 5.56 Å². The zero-order valence-electron chi connectivity index (χ0n) is 7.60. The number of hydrogen-bond donors (Lipinski definition) is 2. The molecule has 0 bridgehead atoms. The Kier molecular flexibility index (Phi) is 4.63. The van der Waals surface area contributed by atoms with Gasteiger partial charge in [-0.15, -0.1) is 0 Å². The van der Waals surface area contributed by atoms with Gasteiger partial charge >= 0.3 is 84.9 Å². The van der Waals surface area contributed by atoms with Crippen LogP contribution in [0.4, 0.5) is 5.95 Å². The third-order valence-corrected chi connectivity index (χ3v) is 1.48. The summed E-state index contributed by atoms with van der Waals surface area (Å²) >= 11 is 0. The number of H-pyrrole nitrogens is 1. The number of anilines is 1. The first-order valence-corrected chi connectivity index (χ1v) is 4.72. The molecular formula is C7H8N3O4P. The van der Waals surface area contributed by atoms with Crippen molar-refractivity contribution in [3.63, 3.8) is 0 Å². The van der Waals surface area contributed by atoms with Crippen molar-refractivity contribution in [1.82, 2.24) is 9.97 Å². The van der Waals surface area contributed by atoms with E-state index in [1.165, 1.54) is 0 Å². The summed E-state index contributed by atoms with van der Waals surface area (Å²) in [6.07, 6.45) is 0. The molecule has 0 radical (unpaired) electrons. The zero-order chi connectivity index (χ0) is 11.1. The third kappa shape index (κ3) is 4.46. The zero-order valence-corrected chi connectivity index (χ0v) is 8.49. The standard InChI is InChI=1S/C7H8N3O4P/c8-7-9-5(11)3-6(10-7)14-2-1-13-4-15-12/h3H,1-2H2,(H3,8,9,10,11). The summed E-state index contributed by atoms with van der Waals surface area (Å²) in [6, 6.07) is 1.16. The van der Waals surface area contributed by atoms with Gasteiger partial charge in [0.05, 0.1) is 0 Å². The number of nitrogens with one attached hydrogen (secondary N) is 1. The molecule has 0 fully saturated rings. The molecule has 3 N–H and O–H groups in total. The number of nitrogens with zero attached hydrogens (tertiary/aromatic N) is 1. The number of aromatic nitrogens is 2. The molecular weight excluding hydrogens is 221 g/mol. The molecule has 0 amide bonds. The summed E-state index contributed by atoms with van der Waals surface area (Å²) in [7, 11) is -0.326. The van der Waals surface area contributed by atoms with Crippen LogP contribution in [0.25, 0.3) is 0 Å². The molecule has 80 valence electrons. The maximum absolute atomic E-state index is 10.9. The van der Waals surface area contributed by atoms with Gasteiger partial charge in [0.15, 0.2) is 0 Å². The van der Waals surface area contributed by atoms with Gasteiger partial charge in [0.2, 0.25) is 0 Å². The number of nitrogen functional groups attached to an aromatic ring is 1. The molecule has 0 atom stereocenters. The fourth-order valence-corrected chi connectivity index (χ4v) is 0.931. The Labute approximate surface area is 85.7 Å². The molecule has 15 heavy (non-hydrogen) atoms. The van der Waals surface area contributed by atoms with Gasteiger partial charge in [-0.05, 0) is 0 Å². The predicted molar refractivity (Wildman–Crippen MR) is 52.2 cm³/mol. The fourth-order valence-electron chi connectivity index (χ4n) is 0.787. The van der Waals surface area contributed by atoms with Gasteiger partial charge in [-0.2, -0.15) is 0 Å². The van der Waals surface area contributed by atoms with Crippen LogP contribution in [-0.2, 0) is 9.30 Å². The second-order valence-corrected chi connectivity index (χ2v) is 2.71. The van der Waals surface area contributed by atoms with Crippen molar-refractivity contribution in [2.45, 2.75) is 0 Å². The van der Waals surface area contributed by atoms with Crippen molar-refractivity contribution in [2.75, 3.05) is 18.9 Å². The Hall–Kier alpha value is -1.55. The van der Waals surface area contributed by atoms with E-state index in [1.807, 2.05) is 0 Å². The molecule has 1 aromatic rings. The summed E-state index contributed by atoms with van der Waals surface area (Å²) in [5, 5.41) is 0. The van der Waals surface area contributed by atoms with Crippen LogP contribution in [0.15, 0.2) is 10.9 Å². The minimum atomic E-state index is -0.394. The van der Waals surface area contributed by atoms with E-state index in [-0.39, 0.29) is 33.0 Å². The van der Waals surface area contributed by atoms with Crippen molar-refractivity contribution in [1.29, 1.82) is 0 Å². The SMILES string of the molecule is Nc1nc(OCCOC#P=O)cc(=O)[nH]1. The Morgan fingerprint density at radius 3 is 3.07 bits per heavy atom. The Bertz CT molecular complexity index is 480. The third-order valence-electron chi connectivity index (χ3n) is 1.27. The summed E-state index contributed by atoms with van der Waals surface area (Å²) in [4.78, 5) is 16.9. The molecule has 0 aliphatic heterocycles. The maximum atomic E-state index is 10.9. The molecule has 1 aromatic heterocycles. The fraction of sp³-hybridized carbons (Fsp3) is 0.286. The summed E-state index contributed by atoms with van der Waals surface area (Å²) in [6.45, 7) is 0.308. The molecule has 7 nitrogen and oxygen atoms in total. The van der Waals surface area contributed by atoms with Gasteiger partial charge in [-0.1, -0.05) is 0 Å². The second kappa shape index (κ2) is 6.03. The average molecular weight is 229 g/mol. The molecule has 0 unspecified atom stereocenters. The van der Waals surface area contributed by atoms with E-state index in [1.54, 1.807) is 0 Å². The number of rotatable bonds is 4. The van der Waals surface area contributed by atoms with Gasteiger partial charge in [0.1, 0.15) is 0 Å². The van der Waals surface area contributed by atoms with Crippen LogP contribution in [0.1, 0.15) is 0 Å². The predicted octanol–water partition coefficient (Wildman–Crippen LogP) is -0.0441. The van der Waals surface area contributed by atoms with Crippen LogP contribution in [0.2, 0.25) is 0 Å². The Balaban J connectivity index is 2.46. The molecule has 0 aliphatic rings. The van der Waals surface area contributed by atoms with Gasteiger partial charge in [0.25, 0.3) is 0 Å². The topological polar surface area (TPSA) is 107 Å². The van der Waals surface area contributed by atoms with Gasteiger partial charge < -0.3 is 0 Å². The first-order valence-electron chi connectivity index (χ1n) is 3.91. The van der Waals surface area contributed by atoms with Crippen LogP contribution >= 0.6 is 7.92 Å². The van der Waals surface area contributed by atoms with E-state index in [2.05, 4.69) is 20.5 Å². The van der Waals surface area contributed by atoms with Crippen molar-refractivity contribution in [3.8, 4) is 11.7 Å². The first-order chi connectivity index (χ1) is 7.22. The van der Waals surface area contributed by atoms with E-state index in [4.69, 9.17) is 10.5 Å². The number of hydrogen-bond acceptors (Lipinski definition) is 6. The number of ether oxygens (including phenoxy) is 2. The van der Waals surface area contributed by atoms with Crippen LogP contribution in [0, 0.1) is 5.81 Å². The summed E-state index contributed by atoms with van der Waals surface area (Å²) in [5.41, 5.74) is 4.88. The van der Waals surface area contributed by atoms with Crippen LogP contribution < -0.4 is 16.0 Å². The Morgan fingerprint density at radius 1 is 1.60 bits per heavy atom. The molecule has 8 heteroatoms. The molecule has 0 saturated carbocycles. The number of nitrogens with two attached hydrogens (primary N) is 1. The van der Waals surface area contributed by atoms with Crippen LogP contribution in [0.5, 0.6) is 5.88 Å². The van der Waals surface area contributed by atoms with E-state index >= 15 is 0 Å². The normalized spacial score (nSPS) is 9.33. The minimum absolute atomic E-state index is 0.0189. The first kappa shape index (κ1) is 11.5. The molecule has 0 aromatic carbocycles. The van der Waals surface area contributed by atoms with Crippen molar-refractivity contribution in [3.05, 3.63) is 16.4 Å². The molecule has 0 aliphatic carbocycles. The molecule has 0 saturated heterocycles. The number of aromatic amines is 1. The van der Waals surface area contributed by atoms with E-state index in [0.29, 0.717) is 0 Å². The Morgan fingerprint density at radius 2 is 2.40 bits per heavy atom. The van der Waals surface area contributed by atoms with Gasteiger partial charge in [-0.25, -0.2) is 0 Å². The van der Waals surface area contributed by atoms with E-state index in [9.17, 15) is 9.36 Å². The van der Waals surface area contributed by atoms with Crippen LogP contribution in [-0.4, -0.2) is 23.2 Å². The van der Waals surface area contributed by atoms with Gasteiger partial charge in [-0.3, -0.25) is 0 Å². The average Bonchev–Trinajstić information content (AvgIpc) is 2.16. The summed E-state index contributed by atoms with van der Waals surface area (Å²) < 4.78 is 19.5. The van der Waals surface area contributed by atoms with Gasteiger partial charge in [0, 0.05) is 0 Å². The van der Waals surface area contributed by atoms with Crippen LogP contribution in [0.3, 0.4) is 0 Å². The second-order valence-electron chi connectivity index (χ2n) is 2.35. The monoisotopic (exact) mass is 229 g/mol. The quantitative estimate of drug-likeness (QED) is 0.553.